The first kappa shape index (κ1) is 20.1. The highest BCUT2D eigenvalue weighted by Gasteiger charge is 2.32. The monoisotopic (exact) mass is 444 g/mol. The first-order valence-corrected chi connectivity index (χ1v) is 11.2. The number of aromatic nitrogens is 4. The van der Waals surface area contributed by atoms with Gasteiger partial charge in [0.25, 0.3) is 5.91 Å². The lowest BCUT2D eigenvalue weighted by Gasteiger charge is -2.33. The van der Waals surface area contributed by atoms with E-state index in [4.69, 9.17) is 9.47 Å². The van der Waals surface area contributed by atoms with Gasteiger partial charge >= 0.3 is 6.09 Å². The smallest absolute Gasteiger partial charge is 0.409 e. The normalized spacial score (nSPS) is 18.4. The highest BCUT2D eigenvalue weighted by molar-refractivity contribution is 7.19. The van der Waals surface area contributed by atoms with Crippen LogP contribution in [0.1, 0.15) is 41.8 Å². The first-order chi connectivity index (χ1) is 14.9. The average Bonchev–Trinajstić information content (AvgIpc) is 3.33. The number of carbonyl (C=O) groups excluding carboxylic acids is 2. The molecule has 0 aliphatic carbocycles. The lowest BCUT2D eigenvalue weighted by atomic mass is 9.94. The topological polar surface area (TPSA) is 102 Å². The van der Waals surface area contributed by atoms with E-state index in [1.165, 1.54) is 5.56 Å². The Morgan fingerprint density at radius 1 is 1.23 bits per heavy atom. The molecule has 3 aromatic rings. The molecule has 2 amide bonds. The summed E-state index contributed by atoms with van der Waals surface area (Å²) in [6.45, 7) is 8.50. The van der Waals surface area contributed by atoms with E-state index in [2.05, 4.69) is 28.9 Å². The van der Waals surface area contributed by atoms with E-state index in [0.717, 1.165) is 21.5 Å². The van der Waals surface area contributed by atoms with Crippen LogP contribution in [-0.4, -0.2) is 79.8 Å². The number of carbonyl (C=O) groups is 2. The van der Waals surface area contributed by atoms with Crippen molar-refractivity contribution < 1.29 is 19.1 Å². The molecule has 31 heavy (non-hydrogen) atoms. The van der Waals surface area contributed by atoms with Crippen LogP contribution in [0.15, 0.2) is 6.33 Å². The van der Waals surface area contributed by atoms with E-state index in [1.54, 1.807) is 38.9 Å². The standard InChI is InChI=1S/C20H24N6O4S/c1-4-29-19(28)25-7-5-24(6-8-25)18(27)15-22-16-14-12-9-20(2,3)30-10-13(12)31-17(14)21-11-26(16)23-15/h11H,4-10H2,1-3H3. The Kier molecular flexibility index (Phi) is 4.82. The predicted octanol–water partition coefficient (Wildman–Crippen LogP) is 2.10. The van der Waals surface area contributed by atoms with Gasteiger partial charge in [0.1, 0.15) is 11.2 Å². The maximum Gasteiger partial charge on any atom is 0.409 e. The summed E-state index contributed by atoms with van der Waals surface area (Å²) in [6, 6.07) is 0. The van der Waals surface area contributed by atoms with Crippen LogP contribution in [0, 0.1) is 0 Å². The van der Waals surface area contributed by atoms with Gasteiger partial charge in [-0.05, 0) is 26.3 Å². The number of piperazine rings is 1. The fraction of sp³-hybridized carbons (Fsp3) is 0.550. The van der Waals surface area contributed by atoms with Gasteiger partial charge in [0, 0.05) is 37.5 Å². The summed E-state index contributed by atoms with van der Waals surface area (Å²) in [4.78, 5) is 39.4. The third-order valence-corrected chi connectivity index (χ3v) is 6.81. The van der Waals surface area contributed by atoms with Crippen molar-refractivity contribution in [3.8, 4) is 0 Å². The van der Waals surface area contributed by atoms with E-state index < -0.39 is 0 Å². The van der Waals surface area contributed by atoms with Crippen molar-refractivity contribution >= 4 is 39.2 Å². The summed E-state index contributed by atoms with van der Waals surface area (Å²) in [6.07, 6.45) is 2.02. The minimum absolute atomic E-state index is 0.144. The quantitative estimate of drug-likeness (QED) is 0.596. The van der Waals surface area contributed by atoms with Gasteiger partial charge in [-0.15, -0.1) is 16.4 Å². The molecule has 164 valence electrons. The molecule has 0 saturated carbocycles. The zero-order valence-electron chi connectivity index (χ0n) is 17.8. The molecule has 5 rings (SSSR count). The van der Waals surface area contributed by atoms with Crippen LogP contribution in [0.2, 0.25) is 0 Å². The zero-order chi connectivity index (χ0) is 21.8. The van der Waals surface area contributed by atoms with Crippen molar-refractivity contribution in [1.82, 2.24) is 29.4 Å². The zero-order valence-corrected chi connectivity index (χ0v) is 18.6. The van der Waals surface area contributed by atoms with Gasteiger partial charge < -0.3 is 19.3 Å². The molecule has 0 N–H and O–H groups in total. The molecular weight excluding hydrogens is 420 g/mol. The van der Waals surface area contributed by atoms with Crippen LogP contribution in [0.3, 0.4) is 0 Å². The number of hydrogen-bond acceptors (Lipinski definition) is 8. The van der Waals surface area contributed by atoms with Gasteiger partial charge in [0.05, 0.1) is 24.2 Å². The molecule has 11 heteroatoms. The SMILES string of the molecule is CCOC(=O)N1CCN(C(=O)c2nc3c4c5c(sc4ncn3n2)COC(C)(C)C5)CC1. The molecule has 10 nitrogen and oxygen atoms in total. The molecule has 0 spiro atoms. The fourth-order valence-electron chi connectivity index (χ4n) is 4.08. The van der Waals surface area contributed by atoms with Gasteiger partial charge in [-0.1, -0.05) is 0 Å². The Labute approximate surface area is 182 Å². The minimum Gasteiger partial charge on any atom is -0.450 e. The fourth-order valence-corrected chi connectivity index (χ4v) is 5.15. The molecule has 5 heterocycles. The second-order valence-electron chi connectivity index (χ2n) is 8.34. The highest BCUT2D eigenvalue weighted by Crippen LogP contribution is 2.39. The lowest BCUT2D eigenvalue weighted by molar-refractivity contribution is -0.0379. The third kappa shape index (κ3) is 3.51. The Bertz CT molecular complexity index is 1180. The number of hydrogen-bond donors (Lipinski definition) is 0. The summed E-state index contributed by atoms with van der Waals surface area (Å²) in [5.41, 5.74) is 1.57. The molecule has 2 aliphatic rings. The molecule has 3 aromatic heterocycles. The van der Waals surface area contributed by atoms with Crippen molar-refractivity contribution in [3.05, 3.63) is 22.6 Å². The van der Waals surface area contributed by atoms with Crippen LogP contribution in [-0.2, 0) is 22.5 Å². The average molecular weight is 445 g/mol. The summed E-state index contributed by atoms with van der Waals surface area (Å²) in [5, 5.41) is 5.36. The number of fused-ring (bicyclic) bond motifs is 5. The van der Waals surface area contributed by atoms with Crippen molar-refractivity contribution in [1.29, 1.82) is 0 Å². The summed E-state index contributed by atoms with van der Waals surface area (Å²) < 4.78 is 12.6. The van der Waals surface area contributed by atoms with E-state index in [1.807, 2.05) is 0 Å². The molecule has 1 saturated heterocycles. The minimum atomic E-state index is -0.344. The number of amides is 2. The molecule has 0 radical (unpaired) electrons. The maximum absolute atomic E-state index is 13.1. The van der Waals surface area contributed by atoms with Crippen molar-refractivity contribution in [2.75, 3.05) is 32.8 Å². The number of ether oxygens (including phenoxy) is 2. The summed E-state index contributed by atoms with van der Waals surface area (Å²) in [5.74, 6) is -0.0988. The van der Waals surface area contributed by atoms with E-state index in [9.17, 15) is 9.59 Å². The van der Waals surface area contributed by atoms with Gasteiger partial charge in [-0.3, -0.25) is 4.79 Å². The van der Waals surface area contributed by atoms with Gasteiger partial charge in [-0.2, -0.15) is 0 Å². The van der Waals surface area contributed by atoms with Crippen LogP contribution < -0.4 is 0 Å². The lowest BCUT2D eigenvalue weighted by Crippen LogP contribution is -2.50. The molecule has 1 fully saturated rings. The van der Waals surface area contributed by atoms with E-state index >= 15 is 0 Å². The van der Waals surface area contributed by atoms with Crippen LogP contribution in [0.5, 0.6) is 0 Å². The van der Waals surface area contributed by atoms with Crippen LogP contribution in [0.4, 0.5) is 4.79 Å². The van der Waals surface area contributed by atoms with Gasteiger partial charge in [-0.25, -0.2) is 19.3 Å². The largest absolute Gasteiger partial charge is 0.450 e. The summed E-state index contributed by atoms with van der Waals surface area (Å²) in [7, 11) is 0. The third-order valence-electron chi connectivity index (χ3n) is 5.69. The van der Waals surface area contributed by atoms with Crippen molar-refractivity contribution in [2.24, 2.45) is 0 Å². The van der Waals surface area contributed by atoms with Gasteiger partial charge in [0.15, 0.2) is 5.65 Å². The Balaban J connectivity index is 1.43. The van der Waals surface area contributed by atoms with Gasteiger partial charge in [0.2, 0.25) is 5.82 Å². The maximum atomic E-state index is 13.1. The number of thiophene rings is 1. The van der Waals surface area contributed by atoms with E-state index in [-0.39, 0.29) is 23.4 Å². The number of nitrogens with zero attached hydrogens (tertiary/aromatic N) is 6. The van der Waals surface area contributed by atoms with Crippen LogP contribution >= 0.6 is 11.3 Å². The first-order valence-electron chi connectivity index (χ1n) is 10.4. The Morgan fingerprint density at radius 3 is 2.71 bits per heavy atom. The Hall–Kier alpha value is -2.79. The molecule has 0 unspecified atom stereocenters. The molecule has 0 atom stereocenters. The summed E-state index contributed by atoms with van der Waals surface area (Å²) >= 11 is 1.61. The second kappa shape index (κ2) is 7.41. The molecular formula is C20H24N6O4S. The number of rotatable bonds is 2. The molecule has 0 aromatic carbocycles. The van der Waals surface area contributed by atoms with E-state index in [0.29, 0.717) is 45.0 Å². The van der Waals surface area contributed by atoms with Crippen molar-refractivity contribution in [3.63, 3.8) is 0 Å². The predicted molar refractivity (Wildman–Crippen MR) is 113 cm³/mol. The molecule has 2 aliphatic heterocycles. The molecule has 0 bridgehead atoms. The second-order valence-corrected chi connectivity index (χ2v) is 9.42. The van der Waals surface area contributed by atoms with Crippen molar-refractivity contribution in [2.45, 2.75) is 39.4 Å². The van der Waals surface area contributed by atoms with Crippen LogP contribution in [0.25, 0.3) is 15.9 Å². The Morgan fingerprint density at radius 2 is 1.97 bits per heavy atom. The highest BCUT2D eigenvalue weighted by atomic mass is 32.1.